The monoisotopic (exact) mass is 297 g/mol. The van der Waals surface area contributed by atoms with Gasteiger partial charge in [0, 0.05) is 10.6 Å². The second-order valence-corrected chi connectivity index (χ2v) is 5.10. The summed E-state index contributed by atoms with van der Waals surface area (Å²) >= 11 is 6.67. The highest BCUT2D eigenvalue weighted by atomic mass is 35.5. The maximum absolute atomic E-state index is 11.9. The molecule has 0 aliphatic rings. The lowest BCUT2D eigenvalue weighted by Gasteiger charge is -2.03. The molecule has 0 aliphatic heterocycles. The maximum atomic E-state index is 11.9. The third-order valence-electron chi connectivity index (χ3n) is 2.31. The van der Waals surface area contributed by atoms with E-state index in [2.05, 4.69) is 10.3 Å². The molecule has 6 nitrogen and oxygen atoms in total. The number of thiazole rings is 1. The van der Waals surface area contributed by atoms with E-state index in [9.17, 15) is 14.9 Å². The lowest BCUT2D eigenvalue weighted by atomic mass is 10.1. The van der Waals surface area contributed by atoms with Crippen molar-refractivity contribution in [1.29, 1.82) is 0 Å². The topological polar surface area (TPSA) is 85.1 Å². The van der Waals surface area contributed by atoms with Crippen LogP contribution in [0.15, 0.2) is 24.4 Å². The van der Waals surface area contributed by atoms with Gasteiger partial charge in [0.25, 0.3) is 5.91 Å². The van der Waals surface area contributed by atoms with E-state index in [1.807, 2.05) is 0 Å². The van der Waals surface area contributed by atoms with Crippen molar-refractivity contribution < 1.29 is 9.72 Å². The van der Waals surface area contributed by atoms with E-state index < -0.39 is 4.92 Å². The van der Waals surface area contributed by atoms with Gasteiger partial charge in [0.15, 0.2) is 5.13 Å². The average molecular weight is 298 g/mol. The Morgan fingerprint density at radius 1 is 1.53 bits per heavy atom. The highest BCUT2D eigenvalue weighted by molar-refractivity contribution is 7.18. The van der Waals surface area contributed by atoms with Crippen LogP contribution in [-0.2, 0) is 0 Å². The Balaban J connectivity index is 2.15. The zero-order chi connectivity index (χ0) is 14.0. The fourth-order valence-electron chi connectivity index (χ4n) is 1.36. The smallest absolute Gasteiger partial charge is 0.298 e. The lowest BCUT2D eigenvalue weighted by molar-refractivity contribution is -0.380. The quantitative estimate of drug-likeness (QED) is 0.696. The van der Waals surface area contributed by atoms with Crippen molar-refractivity contribution in [2.24, 2.45) is 0 Å². The Hall–Kier alpha value is -1.99. The number of halogens is 1. The van der Waals surface area contributed by atoms with Crippen molar-refractivity contribution in [3.63, 3.8) is 0 Å². The highest BCUT2D eigenvalue weighted by Crippen LogP contribution is 2.25. The van der Waals surface area contributed by atoms with Gasteiger partial charge in [-0.3, -0.25) is 20.2 Å². The van der Waals surface area contributed by atoms with Crippen molar-refractivity contribution in [3.8, 4) is 0 Å². The van der Waals surface area contributed by atoms with Crippen LogP contribution in [-0.4, -0.2) is 15.8 Å². The van der Waals surface area contributed by atoms with Crippen molar-refractivity contribution in [1.82, 2.24) is 4.98 Å². The first-order chi connectivity index (χ1) is 8.97. The van der Waals surface area contributed by atoms with Crippen molar-refractivity contribution in [2.45, 2.75) is 6.92 Å². The van der Waals surface area contributed by atoms with Crippen LogP contribution >= 0.6 is 22.9 Å². The standard InChI is InChI=1S/C11H8ClN3O3S/c1-6-4-7(2-3-8(6)12)10(16)14-11-13-5-9(19-11)15(17)18/h2-5H,1H3,(H,13,14,16). The van der Waals surface area contributed by atoms with Gasteiger partial charge in [-0.15, -0.1) is 0 Å². The van der Waals surface area contributed by atoms with E-state index in [0.717, 1.165) is 23.1 Å². The summed E-state index contributed by atoms with van der Waals surface area (Å²) in [6, 6.07) is 4.84. The van der Waals surface area contributed by atoms with E-state index in [1.54, 1.807) is 25.1 Å². The van der Waals surface area contributed by atoms with E-state index in [0.29, 0.717) is 10.6 Å². The summed E-state index contributed by atoms with van der Waals surface area (Å²) in [7, 11) is 0. The Labute approximate surface area is 117 Å². The number of nitrogens with one attached hydrogen (secondary N) is 1. The van der Waals surface area contributed by atoms with Crippen LogP contribution in [0.2, 0.25) is 5.02 Å². The fourth-order valence-corrected chi connectivity index (χ4v) is 2.11. The van der Waals surface area contributed by atoms with Crippen LogP contribution in [0.4, 0.5) is 10.1 Å². The number of nitro groups is 1. The van der Waals surface area contributed by atoms with Gasteiger partial charge in [0.1, 0.15) is 6.20 Å². The molecule has 0 saturated heterocycles. The number of benzene rings is 1. The molecule has 1 N–H and O–H groups in total. The number of carbonyl (C=O) groups is 1. The normalized spacial score (nSPS) is 10.2. The number of carbonyl (C=O) groups excluding carboxylic acids is 1. The van der Waals surface area contributed by atoms with Crippen LogP contribution in [0.5, 0.6) is 0 Å². The van der Waals surface area contributed by atoms with Gasteiger partial charge >= 0.3 is 5.00 Å². The van der Waals surface area contributed by atoms with Gasteiger partial charge in [-0.05, 0) is 42.0 Å². The predicted molar refractivity (Wildman–Crippen MR) is 72.9 cm³/mol. The summed E-state index contributed by atoms with van der Waals surface area (Å²) in [5.74, 6) is -0.385. The molecular weight excluding hydrogens is 290 g/mol. The number of anilines is 1. The lowest BCUT2D eigenvalue weighted by Crippen LogP contribution is -2.11. The van der Waals surface area contributed by atoms with E-state index in [-0.39, 0.29) is 16.0 Å². The number of nitrogens with zero attached hydrogens (tertiary/aromatic N) is 2. The van der Waals surface area contributed by atoms with Gasteiger partial charge in [-0.25, -0.2) is 4.98 Å². The summed E-state index contributed by atoms with van der Waals surface area (Å²) < 4.78 is 0. The average Bonchev–Trinajstić information content (AvgIpc) is 2.81. The number of amides is 1. The zero-order valence-corrected chi connectivity index (χ0v) is 11.3. The van der Waals surface area contributed by atoms with Crippen LogP contribution in [0.3, 0.4) is 0 Å². The Morgan fingerprint density at radius 2 is 2.26 bits per heavy atom. The summed E-state index contributed by atoms with van der Waals surface area (Å²) in [5, 5.41) is 13.6. The van der Waals surface area contributed by atoms with Crippen LogP contribution < -0.4 is 5.32 Å². The molecule has 0 saturated carbocycles. The van der Waals surface area contributed by atoms with Crippen molar-refractivity contribution in [3.05, 3.63) is 50.7 Å². The molecule has 2 aromatic rings. The molecule has 1 heterocycles. The van der Waals surface area contributed by atoms with E-state index >= 15 is 0 Å². The molecule has 2 rings (SSSR count). The Morgan fingerprint density at radius 3 is 2.84 bits per heavy atom. The molecule has 8 heteroatoms. The number of aromatic nitrogens is 1. The van der Waals surface area contributed by atoms with Crippen LogP contribution in [0.25, 0.3) is 0 Å². The molecule has 0 unspecified atom stereocenters. The maximum Gasteiger partial charge on any atom is 0.345 e. The third kappa shape index (κ3) is 3.07. The van der Waals surface area contributed by atoms with Crippen molar-refractivity contribution in [2.75, 3.05) is 5.32 Å². The third-order valence-corrected chi connectivity index (χ3v) is 3.60. The van der Waals surface area contributed by atoms with E-state index in [4.69, 9.17) is 11.6 Å². The fraction of sp³-hybridized carbons (Fsp3) is 0.0909. The number of aryl methyl sites for hydroxylation is 1. The number of rotatable bonds is 3. The van der Waals surface area contributed by atoms with Gasteiger partial charge in [-0.1, -0.05) is 11.6 Å². The van der Waals surface area contributed by atoms with Gasteiger partial charge < -0.3 is 0 Å². The van der Waals surface area contributed by atoms with Crippen LogP contribution in [0, 0.1) is 17.0 Å². The molecule has 0 aliphatic carbocycles. The van der Waals surface area contributed by atoms with Gasteiger partial charge in [0.2, 0.25) is 0 Å². The van der Waals surface area contributed by atoms with Gasteiger partial charge in [-0.2, -0.15) is 0 Å². The number of hydrogen-bond donors (Lipinski definition) is 1. The minimum absolute atomic E-state index is 0.123. The highest BCUT2D eigenvalue weighted by Gasteiger charge is 2.14. The second kappa shape index (κ2) is 5.33. The minimum Gasteiger partial charge on any atom is -0.298 e. The molecule has 1 amide bonds. The summed E-state index contributed by atoms with van der Waals surface area (Å²) in [6.45, 7) is 1.79. The molecule has 1 aromatic heterocycles. The SMILES string of the molecule is Cc1cc(C(=O)Nc2ncc([N+](=O)[O-])s2)ccc1Cl. The molecule has 98 valence electrons. The summed E-state index contributed by atoms with van der Waals surface area (Å²) in [6.07, 6.45) is 1.10. The minimum atomic E-state index is -0.556. The first-order valence-corrected chi connectivity index (χ1v) is 6.34. The zero-order valence-electron chi connectivity index (χ0n) is 9.71. The molecule has 0 radical (unpaired) electrons. The Kier molecular flexibility index (Phi) is 3.77. The summed E-state index contributed by atoms with van der Waals surface area (Å²) in [5.41, 5.74) is 1.19. The number of hydrogen-bond acceptors (Lipinski definition) is 5. The first kappa shape index (κ1) is 13.4. The second-order valence-electron chi connectivity index (χ2n) is 3.68. The first-order valence-electron chi connectivity index (χ1n) is 5.15. The predicted octanol–water partition coefficient (Wildman–Crippen LogP) is 3.27. The Bertz CT molecular complexity index is 656. The molecule has 0 spiro atoms. The molecule has 0 bridgehead atoms. The van der Waals surface area contributed by atoms with E-state index in [1.165, 1.54) is 0 Å². The van der Waals surface area contributed by atoms with Crippen LogP contribution in [0.1, 0.15) is 15.9 Å². The molecule has 0 atom stereocenters. The van der Waals surface area contributed by atoms with Crippen molar-refractivity contribution >= 4 is 39.0 Å². The molecule has 1 aromatic carbocycles. The molecule has 19 heavy (non-hydrogen) atoms. The largest absolute Gasteiger partial charge is 0.345 e. The summed E-state index contributed by atoms with van der Waals surface area (Å²) in [4.78, 5) is 25.6. The molecule has 0 fully saturated rings. The molecular formula is C11H8ClN3O3S. The van der Waals surface area contributed by atoms with Gasteiger partial charge in [0.05, 0.1) is 4.92 Å².